The van der Waals surface area contributed by atoms with Crippen molar-refractivity contribution in [2.75, 3.05) is 24.8 Å². The zero-order valence-electron chi connectivity index (χ0n) is 14.9. The number of piperidine rings is 1. The lowest BCUT2D eigenvalue weighted by Gasteiger charge is -2.34. The lowest BCUT2D eigenvalue weighted by Crippen LogP contribution is -2.43. The Kier molecular flexibility index (Phi) is 4.49. The molecule has 5 nitrogen and oxygen atoms in total. The Morgan fingerprint density at radius 3 is 2.68 bits per heavy atom. The minimum absolute atomic E-state index is 0.295. The van der Waals surface area contributed by atoms with Crippen molar-refractivity contribution in [3.05, 3.63) is 47.7 Å². The number of rotatable bonds is 4. The van der Waals surface area contributed by atoms with Crippen LogP contribution in [0.2, 0.25) is 0 Å². The van der Waals surface area contributed by atoms with Crippen molar-refractivity contribution in [1.29, 1.82) is 0 Å². The fourth-order valence-corrected chi connectivity index (χ4v) is 3.55. The molecule has 2 aliphatic rings. The summed E-state index contributed by atoms with van der Waals surface area (Å²) in [6.07, 6.45) is 4.20. The van der Waals surface area contributed by atoms with Gasteiger partial charge >= 0.3 is 0 Å². The maximum absolute atomic E-state index is 5.49. The molecule has 1 saturated heterocycles. The third-order valence-electron chi connectivity index (χ3n) is 5.10. The van der Waals surface area contributed by atoms with Gasteiger partial charge in [-0.05, 0) is 56.0 Å². The zero-order valence-corrected chi connectivity index (χ0v) is 14.9. The molecule has 0 saturated carbocycles. The number of aromatic nitrogens is 1. The third kappa shape index (κ3) is 3.56. The molecule has 3 heterocycles. The van der Waals surface area contributed by atoms with Gasteiger partial charge in [0.15, 0.2) is 11.5 Å². The molecule has 0 aliphatic carbocycles. The molecule has 5 heteroatoms. The second kappa shape index (κ2) is 6.92. The van der Waals surface area contributed by atoms with Gasteiger partial charge in [-0.25, -0.2) is 4.98 Å². The fraction of sp³-hybridized carbons (Fsp3) is 0.450. The highest BCUT2D eigenvalue weighted by Crippen LogP contribution is 2.34. The average Bonchev–Trinajstić information content (AvgIpc) is 3.11. The molecule has 1 unspecified atom stereocenters. The number of anilines is 1. The molecule has 25 heavy (non-hydrogen) atoms. The van der Waals surface area contributed by atoms with E-state index in [4.69, 9.17) is 9.47 Å². The molecule has 1 aromatic heterocycles. The van der Waals surface area contributed by atoms with E-state index in [1.807, 2.05) is 12.3 Å². The van der Waals surface area contributed by atoms with Gasteiger partial charge < -0.3 is 19.7 Å². The largest absolute Gasteiger partial charge is 0.454 e. The van der Waals surface area contributed by atoms with E-state index in [9.17, 15) is 0 Å². The first kappa shape index (κ1) is 16.2. The molecule has 132 valence electrons. The second-order valence-corrected chi connectivity index (χ2v) is 6.96. The van der Waals surface area contributed by atoms with Crippen LogP contribution in [0.4, 0.5) is 5.82 Å². The summed E-state index contributed by atoms with van der Waals surface area (Å²) in [4.78, 5) is 6.93. The normalized spacial score (nSPS) is 18.4. The number of hydrogen-bond acceptors (Lipinski definition) is 5. The van der Waals surface area contributed by atoms with Crippen LogP contribution in [0.15, 0.2) is 36.5 Å². The van der Waals surface area contributed by atoms with Crippen molar-refractivity contribution in [3.8, 4) is 11.5 Å². The molecule has 1 fully saturated rings. The van der Waals surface area contributed by atoms with Gasteiger partial charge in [0.05, 0.1) is 0 Å². The quantitative estimate of drug-likeness (QED) is 0.924. The van der Waals surface area contributed by atoms with Gasteiger partial charge in [0.25, 0.3) is 0 Å². The predicted octanol–water partition coefficient (Wildman–Crippen LogP) is 3.44. The number of hydrogen-bond donors (Lipinski definition) is 1. The van der Waals surface area contributed by atoms with Crippen LogP contribution in [-0.4, -0.2) is 30.9 Å². The first-order chi connectivity index (χ1) is 12.2. The van der Waals surface area contributed by atoms with Crippen LogP contribution in [0.3, 0.4) is 0 Å². The van der Waals surface area contributed by atoms with Crippen molar-refractivity contribution in [3.63, 3.8) is 0 Å². The van der Waals surface area contributed by atoms with Gasteiger partial charge in [0.2, 0.25) is 6.79 Å². The number of aryl methyl sites for hydroxylation is 1. The standard InChI is InChI=1S/C20H25N3O2/c1-14-3-6-20(21-12-14)23-9-7-17(8-10-23)22-15(2)16-4-5-18-19(11-16)25-13-24-18/h3-6,11-12,15,17,22H,7-10,13H2,1-2H3. The predicted molar refractivity (Wildman–Crippen MR) is 98.3 cm³/mol. The minimum Gasteiger partial charge on any atom is -0.454 e. The Labute approximate surface area is 149 Å². The van der Waals surface area contributed by atoms with Crippen molar-refractivity contribution in [2.24, 2.45) is 0 Å². The van der Waals surface area contributed by atoms with Crippen LogP contribution in [0.1, 0.15) is 36.9 Å². The molecular weight excluding hydrogens is 314 g/mol. The van der Waals surface area contributed by atoms with Crippen molar-refractivity contribution >= 4 is 5.82 Å². The van der Waals surface area contributed by atoms with E-state index in [0.29, 0.717) is 18.9 Å². The lowest BCUT2D eigenvalue weighted by atomic mass is 10.0. The first-order valence-corrected chi connectivity index (χ1v) is 9.02. The summed E-state index contributed by atoms with van der Waals surface area (Å²) < 4.78 is 10.9. The molecule has 2 aromatic rings. The highest BCUT2D eigenvalue weighted by molar-refractivity contribution is 5.45. The number of pyridine rings is 1. The van der Waals surface area contributed by atoms with Crippen molar-refractivity contribution in [2.45, 2.75) is 38.8 Å². The minimum atomic E-state index is 0.295. The maximum atomic E-state index is 5.49. The number of nitrogens with one attached hydrogen (secondary N) is 1. The van der Waals surface area contributed by atoms with Crippen LogP contribution in [-0.2, 0) is 0 Å². The summed E-state index contributed by atoms with van der Waals surface area (Å²) in [5.41, 5.74) is 2.45. The van der Waals surface area contributed by atoms with E-state index >= 15 is 0 Å². The fourth-order valence-electron chi connectivity index (χ4n) is 3.55. The van der Waals surface area contributed by atoms with Crippen LogP contribution in [0, 0.1) is 6.92 Å². The molecule has 0 spiro atoms. The Morgan fingerprint density at radius 2 is 1.92 bits per heavy atom. The molecule has 0 amide bonds. The van der Waals surface area contributed by atoms with E-state index in [-0.39, 0.29) is 0 Å². The van der Waals surface area contributed by atoms with Gasteiger partial charge in [0, 0.05) is 31.4 Å². The molecule has 1 N–H and O–H groups in total. The summed E-state index contributed by atoms with van der Waals surface area (Å²) in [7, 11) is 0. The van der Waals surface area contributed by atoms with Gasteiger partial charge in [-0.2, -0.15) is 0 Å². The molecule has 0 bridgehead atoms. The highest BCUT2D eigenvalue weighted by atomic mass is 16.7. The van der Waals surface area contributed by atoms with E-state index in [2.05, 4.69) is 53.3 Å². The van der Waals surface area contributed by atoms with Crippen LogP contribution in [0.25, 0.3) is 0 Å². The van der Waals surface area contributed by atoms with Gasteiger partial charge in [-0.1, -0.05) is 12.1 Å². The van der Waals surface area contributed by atoms with E-state index in [1.54, 1.807) is 0 Å². The Hall–Kier alpha value is -2.27. The maximum Gasteiger partial charge on any atom is 0.231 e. The number of benzene rings is 1. The number of fused-ring (bicyclic) bond motifs is 1. The highest BCUT2D eigenvalue weighted by Gasteiger charge is 2.22. The second-order valence-electron chi connectivity index (χ2n) is 6.96. The Balaban J connectivity index is 1.33. The van der Waals surface area contributed by atoms with Crippen molar-refractivity contribution in [1.82, 2.24) is 10.3 Å². The van der Waals surface area contributed by atoms with Gasteiger partial charge in [-0.15, -0.1) is 0 Å². The Bertz CT molecular complexity index is 724. The van der Waals surface area contributed by atoms with Crippen LogP contribution >= 0.6 is 0 Å². The number of ether oxygens (including phenoxy) is 2. The summed E-state index contributed by atoms with van der Waals surface area (Å²) in [6.45, 7) is 6.70. The van der Waals surface area contributed by atoms with Gasteiger partial charge in [-0.3, -0.25) is 0 Å². The van der Waals surface area contributed by atoms with E-state index < -0.39 is 0 Å². The molecule has 1 atom stereocenters. The van der Waals surface area contributed by atoms with E-state index in [1.165, 1.54) is 11.1 Å². The first-order valence-electron chi connectivity index (χ1n) is 9.02. The molecule has 4 rings (SSSR count). The van der Waals surface area contributed by atoms with E-state index in [0.717, 1.165) is 43.2 Å². The Morgan fingerprint density at radius 1 is 1.12 bits per heavy atom. The molecule has 2 aliphatic heterocycles. The molecule has 0 radical (unpaired) electrons. The summed E-state index contributed by atoms with van der Waals surface area (Å²) in [6, 6.07) is 11.3. The third-order valence-corrected chi connectivity index (χ3v) is 5.10. The van der Waals surface area contributed by atoms with Crippen LogP contribution < -0.4 is 19.7 Å². The topological polar surface area (TPSA) is 46.6 Å². The summed E-state index contributed by atoms with van der Waals surface area (Å²) >= 11 is 0. The SMILES string of the molecule is Cc1ccc(N2CCC(NC(C)c3ccc4c(c3)OCO4)CC2)nc1. The van der Waals surface area contributed by atoms with Crippen molar-refractivity contribution < 1.29 is 9.47 Å². The monoisotopic (exact) mass is 339 g/mol. The smallest absolute Gasteiger partial charge is 0.231 e. The van der Waals surface area contributed by atoms with Gasteiger partial charge in [0.1, 0.15) is 5.82 Å². The summed E-state index contributed by atoms with van der Waals surface area (Å²) in [5, 5.41) is 3.76. The number of nitrogens with zero attached hydrogens (tertiary/aromatic N) is 2. The molecule has 1 aromatic carbocycles. The summed E-state index contributed by atoms with van der Waals surface area (Å²) in [5.74, 6) is 2.79. The average molecular weight is 339 g/mol. The molecular formula is C20H25N3O2. The van der Waals surface area contributed by atoms with Crippen LogP contribution in [0.5, 0.6) is 11.5 Å². The zero-order chi connectivity index (χ0) is 17.2. The lowest BCUT2D eigenvalue weighted by molar-refractivity contribution is 0.174.